The Balaban J connectivity index is 1.86. The van der Waals surface area contributed by atoms with Gasteiger partial charge < -0.3 is 11.1 Å². The zero-order valence-electron chi connectivity index (χ0n) is 11.2. The van der Waals surface area contributed by atoms with Gasteiger partial charge in [-0.2, -0.15) is 0 Å². The first-order valence-corrected chi connectivity index (χ1v) is 6.49. The largest absolute Gasteiger partial charge is 0.330 e. The Morgan fingerprint density at radius 3 is 3.00 bits per heavy atom. The molecule has 3 N–H and O–H groups in total. The van der Waals surface area contributed by atoms with Crippen molar-refractivity contribution in [1.82, 2.24) is 4.90 Å². The highest BCUT2D eigenvalue weighted by atomic mass is 19.1. The normalized spacial score (nSPS) is 23.5. The van der Waals surface area contributed by atoms with Crippen LogP contribution in [0.2, 0.25) is 0 Å². The minimum absolute atomic E-state index is 0.110. The average molecular weight is 265 g/mol. The second kappa shape index (κ2) is 5.67. The van der Waals surface area contributed by atoms with E-state index in [2.05, 4.69) is 17.1 Å². The van der Waals surface area contributed by atoms with Crippen LogP contribution in [0, 0.1) is 11.2 Å². The number of amides is 1. The number of benzene rings is 1. The molecule has 1 aromatic carbocycles. The lowest BCUT2D eigenvalue weighted by Crippen LogP contribution is -2.35. The van der Waals surface area contributed by atoms with Gasteiger partial charge in [0, 0.05) is 12.2 Å². The van der Waals surface area contributed by atoms with Gasteiger partial charge in [0.25, 0.3) is 0 Å². The maximum absolute atomic E-state index is 13.0. The van der Waals surface area contributed by atoms with E-state index in [4.69, 9.17) is 5.73 Å². The smallest absolute Gasteiger partial charge is 0.238 e. The fourth-order valence-corrected chi connectivity index (χ4v) is 2.40. The van der Waals surface area contributed by atoms with E-state index in [1.807, 2.05) is 0 Å². The molecule has 0 radical (unpaired) electrons. The minimum atomic E-state index is -0.352. The maximum atomic E-state index is 13.0. The number of nitrogens with zero attached hydrogens (tertiary/aromatic N) is 1. The summed E-state index contributed by atoms with van der Waals surface area (Å²) in [5, 5.41) is 2.70. The number of likely N-dealkylation sites (tertiary alicyclic amines) is 1. The lowest BCUT2D eigenvalue weighted by atomic mass is 9.90. The molecule has 0 aliphatic carbocycles. The topological polar surface area (TPSA) is 58.4 Å². The molecule has 4 nitrogen and oxygen atoms in total. The first kappa shape index (κ1) is 14.0. The van der Waals surface area contributed by atoms with Gasteiger partial charge in [-0.1, -0.05) is 13.0 Å². The number of hydrogen-bond donors (Lipinski definition) is 2. The van der Waals surface area contributed by atoms with Gasteiger partial charge >= 0.3 is 0 Å². The van der Waals surface area contributed by atoms with Crippen LogP contribution in [0.5, 0.6) is 0 Å². The predicted molar refractivity (Wildman–Crippen MR) is 73.2 cm³/mol. The summed E-state index contributed by atoms with van der Waals surface area (Å²) in [5.74, 6) is -0.471. The predicted octanol–water partition coefficient (Wildman–Crippen LogP) is 1.43. The number of carbonyl (C=O) groups excluding carboxylic acids is 1. The third kappa shape index (κ3) is 3.75. The van der Waals surface area contributed by atoms with E-state index < -0.39 is 0 Å². The number of rotatable bonds is 4. The summed E-state index contributed by atoms with van der Waals surface area (Å²) < 4.78 is 13.0. The van der Waals surface area contributed by atoms with Crippen LogP contribution in [0.15, 0.2) is 24.3 Å². The highest BCUT2D eigenvalue weighted by molar-refractivity contribution is 5.92. The number of anilines is 1. The molecule has 1 fully saturated rings. The zero-order chi connectivity index (χ0) is 13.9. The molecule has 5 heteroatoms. The standard InChI is InChI=1S/C14H20FN3O/c1-14(9-16)5-6-18(10-14)8-13(19)17-12-4-2-3-11(15)7-12/h2-4,7H,5-6,8-10,16H2,1H3,(H,17,19). The van der Waals surface area contributed by atoms with E-state index in [1.165, 1.54) is 12.1 Å². The molecule has 1 heterocycles. The summed E-state index contributed by atoms with van der Waals surface area (Å²) in [6.45, 7) is 4.81. The fourth-order valence-electron chi connectivity index (χ4n) is 2.40. The van der Waals surface area contributed by atoms with Crippen molar-refractivity contribution in [2.75, 3.05) is 31.5 Å². The third-order valence-electron chi connectivity index (χ3n) is 3.61. The van der Waals surface area contributed by atoms with Gasteiger partial charge in [0.2, 0.25) is 5.91 Å². The summed E-state index contributed by atoms with van der Waals surface area (Å²) in [5.41, 5.74) is 6.33. The van der Waals surface area contributed by atoms with E-state index in [-0.39, 0.29) is 17.1 Å². The van der Waals surface area contributed by atoms with E-state index in [1.54, 1.807) is 12.1 Å². The number of carbonyl (C=O) groups is 1. The third-order valence-corrected chi connectivity index (χ3v) is 3.61. The molecule has 0 bridgehead atoms. The van der Waals surface area contributed by atoms with Gasteiger partial charge in [0.05, 0.1) is 6.54 Å². The Morgan fingerprint density at radius 2 is 2.37 bits per heavy atom. The molecule has 1 atom stereocenters. The molecule has 104 valence electrons. The van der Waals surface area contributed by atoms with Crippen molar-refractivity contribution in [2.45, 2.75) is 13.3 Å². The average Bonchev–Trinajstić information content (AvgIpc) is 2.71. The van der Waals surface area contributed by atoms with Crippen LogP contribution in [0.4, 0.5) is 10.1 Å². The monoisotopic (exact) mass is 265 g/mol. The molecule has 19 heavy (non-hydrogen) atoms. The Morgan fingerprint density at radius 1 is 1.58 bits per heavy atom. The minimum Gasteiger partial charge on any atom is -0.330 e. The number of halogens is 1. The van der Waals surface area contributed by atoms with Gasteiger partial charge in [0.15, 0.2) is 0 Å². The lowest BCUT2D eigenvalue weighted by molar-refractivity contribution is -0.117. The molecule has 1 amide bonds. The Labute approximate surface area is 112 Å². The van der Waals surface area contributed by atoms with Crippen molar-refractivity contribution < 1.29 is 9.18 Å². The summed E-state index contributed by atoms with van der Waals surface area (Å²) in [7, 11) is 0. The van der Waals surface area contributed by atoms with E-state index in [0.717, 1.165) is 19.5 Å². The van der Waals surface area contributed by atoms with Crippen molar-refractivity contribution >= 4 is 11.6 Å². The van der Waals surface area contributed by atoms with Gasteiger partial charge in [-0.15, -0.1) is 0 Å². The molecule has 0 spiro atoms. The highest BCUT2D eigenvalue weighted by Gasteiger charge is 2.33. The number of hydrogen-bond acceptors (Lipinski definition) is 3. The summed E-state index contributed by atoms with van der Waals surface area (Å²) in [6, 6.07) is 5.91. The Bertz CT molecular complexity index is 466. The van der Waals surface area contributed by atoms with Crippen LogP contribution in [0.1, 0.15) is 13.3 Å². The van der Waals surface area contributed by atoms with Gasteiger partial charge in [-0.05, 0) is 43.1 Å². The molecular formula is C14H20FN3O. The van der Waals surface area contributed by atoms with Crippen molar-refractivity contribution in [3.63, 3.8) is 0 Å². The van der Waals surface area contributed by atoms with Gasteiger partial charge in [-0.25, -0.2) is 4.39 Å². The second-order valence-corrected chi connectivity index (χ2v) is 5.53. The van der Waals surface area contributed by atoms with Crippen LogP contribution >= 0.6 is 0 Å². The van der Waals surface area contributed by atoms with Crippen LogP contribution in [0.25, 0.3) is 0 Å². The van der Waals surface area contributed by atoms with Crippen LogP contribution in [0.3, 0.4) is 0 Å². The van der Waals surface area contributed by atoms with Crippen molar-refractivity contribution in [1.29, 1.82) is 0 Å². The summed E-state index contributed by atoms with van der Waals surface area (Å²) in [6.07, 6.45) is 1.01. The van der Waals surface area contributed by atoms with E-state index in [9.17, 15) is 9.18 Å². The molecule has 1 aliphatic heterocycles. The van der Waals surface area contributed by atoms with Gasteiger partial charge in [-0.3, -0.25) is 9.69 Å². The summed E-state index contributed by atoms with van der Waals surface area (Å²) >= 11 is 0. The Hall–Kier alpha value is -1.46. The number of nitrogens with one attached hydrogen (secondary N) is 1. The molecule has 2 rings (SSSR count). The molecule has 1 aromatic rings. The first-order chi connectivity index (χ1) is 9.00. The lowest BCUT2D eigenvalue weighted by Gasteiger charge is -2.22. The van der Waals surface area contributed by atoms with Crippen molar-refractivity contribution in [3.8, 4) is 0 Å². The number of nitrogens with two attached hydrogens (primary N) is 1. The van der Waals surface area contributed by atoms with Gasteiger partial charge in [0.1, 0.15) is 5.82 Å². The quantitative estimate of drug-likeness (QED) is 0.866. The van der Waals surface area contributed by atoms with Crippen LogP contribution in [-0.4, -0.2) is 37.0 Å². The molecule has 1 saturated heterocycles. The molecule has 0 aromatic heterocycles. The van der Waals surface area contributed by atoms with E-state index in [0.29, 0.717) is 18.8 Å². The highest BCUT2D eigenvalue weighted by Crippen LogP contribution is 2.28. The maximum Gasteiger partial charge on any atom is 0.238 e. The Kier molecular flexibility index (Phi) is 4.17. The first-order valence-electron chi connectivity index (χ1n) is 6.49. The van der Waals surface area contributed by atoms with Crippen molar-refractivity contribution in [3.05, 3.63) is 30.1 Å². The SMILES string of the molecule is CC1(CN)CCN(CC(=O)Nc2cccc(F)c2)C1. The second-order valence-electron chi connectivity index (χ2n) is 5.53. The van der Waals surface area contributed by atoms with Crippen LogP contribution in [-0.2, 0) is 4.79 Å². The molecular weight excluding hydrogens is 245 g/mol. The zero-order valence-corrected chi connectivity index (χ0v) is 11.2. The fraction of sp³-hybridized carbons (Fsp3) is 0.500. The molecule has 0 saturated carbocycles. The van der Waals surface area contributed by atoms with Crippen LogP contribution < -0.4 is 11.1 Å². The molecule has 1 aliphatic rings. The summed E-state index contributed by atoms with van der Waals surface area (Å²) in [4.78, 5) is 14.0. The molecule has 1 unspecified atom stereocenters. The van der Waals surface area contributed by atoms with Crippen molar-refractivity contribution in [2.24, 2.45) is 11.1 Å². The van der Waals surface area contributed by atoms with E-state index >= 15 is 0 Å².